The van der Waals surface area contributed by atoms with Crippen LogP contribution in [0.25, 0.3) is 0 Å². The van der Waals surface area contributed by atoms with Crippen LogP contribution < -0.4 is 0 Å². The number of carbonyl (C=O) groups excluding carboxylic acids is 1. The largest absolute Gasteiger partial charge is 0.303 e. The summed E-state index contributed by atoms with van der Waals surface area (Å²) in [6.07, 6.45) is 1.70. The summed E-state index contributed by atoms with van der Waals surface area (Å²) in [7, 11) is 0. The van der Waals surface area contributed by atoms with Crippen LogP contribution >= 0.6 is 0 Å². The summed E-state index contributed by atoms with van der Waals surface area (Å²) >= 11 is 0. The first-order valence-corrected chi connectivity index (χ1v) is 4.34. The zero-order valence-electron chi connectivity index (χ0n) is 7.93. The molecule has 0 aliphatic heterocycles. The van der Waals surface area contributed by atoms with Gasteiger partial charge < -0.3 is 4.79 Å². The third-order valence-corrected chi connectivity index (χ3v) is 2.19. The Labute approximate surface area is 77.6 Å². The van der Waals surface area contributed by atoms with Gasteiger partial charge in [-0.05, 0) is 43.0 Å². The molecule has 0 spiro atoms. The SMILES string of the molecule is Cc1cc(F)c(CCC=O)cc1C. The van der Waals surface area contributed by atoms with E-state index in [-0.39, 0.29) is 5.82 Å². The number of halogens is 1. The lowest BCUT2D eigenvalue weighted by molar-refractivity contribution is -0.107. The summed E-state index contributed by atoms with van der Waals surface area (Å²) in [6, 6.07) is 3.34. The normalized spacial score (nSPS) is 10.1. The van der Waals surface area contributed by atoms with E-state index in [1.165, 1.54) is 6.07 Å². The van der Waals surface area contributed by atoms with Crippen LogP contribution in [-0.2, 0) is 11.2 Å². The van der Waals surface area contributed by atoms with Gasteiger partial charge in [-0.1, -0.05) is 6.07 Å². The summed E-state index contributed by atoms with van der Waals surface area (Å²) in [6.45, 7) is 3.82. The van der Waals surface area contributed by atoms with Crippen LogP contribution in [0, 0.1) is 19.7 Å². The molecule has 2 heteroatoms. The molecule has 1 aromatic carbocycles. The Morgan fingerprint density at radius 1 is 1.31 bits per heavy atom. The minimum Gasteiger partial charge on any atom is -0.303 e. The molecule has 0 unspecified atom stereocenters. The van der Waals surface area contributed by atoms with Gasteiger partial charge in [0.05, 0.1) is 0 Å². The van der Waals surface area contributed by atoms with Crippen molar-refractivity contribution in [3.05, 3.63) is 34.6 Å². The van der Waals surface area contributed by atoms with Crippen molar-refractivity contribution in [2.24, 2.45) is 0 Å². The van der Waals surface area contributed by atoms with E-state index in [2.05, 4.69) is 0 Å². The molecule has 13 heavy (non-hydrogen) atoms. The van der Waals surface area contributed by atoms with E-state index < -0.39 is 0 Å². The maximum atomic E-state index is 13.2. The van der Waals surface area contributed by atoms with Gasteiger partial charge in [0.15, 0.2) is 0 Å². The minimum atomic E-state index is -0.204. The summed E-state index contributed by atoms with van der Waals surface area (Å²) in [5.41, 5.74) is 2.66. The van der Waals surface area contributed by atoms with Crippen molar-refractivity contribution < 1.29 is 9.18 Å². The zero-order chi connectivity index (χ0) is 9.84. The predicted octanol–water partition coefficient (Wildman–Crippen LogP) is 2.57. The van der Waals surface area contributed by atoms with Crippen LogP contribution in [0.1, 0.15) is 23.1 Å². The number of aldehydes is 1. The minimum absolute atomic E-state index is 0.204. The molecule has 0 saturated carbocycles. The molecule has 0 atom stereocenters. The molecule has 0 amide bonds. The molecule has 0 aliphatic carbocycles. The molecule has 0 fully saturated rings. The van der Waals surface area contributed by atoms with Crippen molar-refractivity contribution in [3.63, 3.8) is 0 Å². The zero-order valence-corrected chi connectivity index (χ0v) is 7.93. The lowest BCUT2D eigenvalue weighted by Gasteiger charge is -2.05. The van der Waals surface area contributed by atoms with Crippen LogP contribution in [0.15, 0.2) is 12.1 Å². The topological polar surface area (TPSA) is 17.1 Å². The monoisotopic (exact) mass is 180 g/mol. The molecule has 1 aromatic rings. The van der Waals surface area contributed by atoms with Gasteiger partial charge in [-0.15, -0.1) is 0 Å². The highest BCUT2D eigenvalue weighted by atomic mass is 19.1. The second-order valence-electron chi connectivity index (χ2n) is 3.23. The van der Waals surface area contributed by atoms with Gasteiger partial charge in [-0.2, -0.15) is 0 Å². The summed E-state index contributed by atoms with van der Waals surface area (Å²) in [5, 5.41) is 0. The van der Waals surface area contributed by atoms with Gasteiger partial charge in [0, 0.05) is 6.42 Å². The number of rotatable bonds is 3. The first kappa shape index (κ1) is 9.90. The average molecular weight is 180 g/mol. The van der Waals surface area contributed by atoms with Crippen molar-refractivity contribution in [2.75, 3.05) is 0 Å². The van der Waals surface area contributed by atoms with E-state index in [4.69, 9.17) is 0 Å². The molecule has 0 bridgehead atoms. The Bertz CT molecular complexity index is 318. The van der Waals surface area contributed by atoms with E-state index in [0.717, 1.165) is 17.4 Å². The molecule has 0 N–H and O–H groups in total. The van der Waals surface area contributed by atoms with E-state index in [1.54, 1.807) is 0 Å². The van der Waals surface area contributed by atoms with E-state index >= 15 is 0 Å². The van der Waals surface area contributed by atoms with Gasteiger partial charge in [0.1, 0.15) is 12.1 Å². The maximum absolute atomic E-state index is 13.2. The lowest BCUT2D eigenvalue weighted by atomic mass is 10.0. The molecular formula is C11H13FO. The van der Waals surface area contributed by atoms with Gasteiger partial charge in [-0.25, -0.2) is 4.39 Å². The molecule has 1 nitrogen and oxygen atoms in total. The van der Waals surface area contributed by atoms with Crippen molar-refractivity contribution in [1.29, 1.82) is 0 Å². The molecule has 0 heterocycles. The second kappa shape index (κ2) is 4.17. The fourth-order valence-corrected chi connectivity index (χ4v) is 1.25. The quantitative estimate of drug-likeness (QED) is 0.653. The Balaban J connectivity index is 2.94. The fraction of sp³-hybridized carbons (Fsp3) is 0.364. The standard InChI is InChI=1S/C11H13FO/c1-8-6-10(4-3-5-13)11(12)7-9(8)2/h5-7H,3-4H2,1-2H3. The number of carbonyl (C=O) groups is 1. The molecule has 0 radical (unpaired) electrons. The maximum Gasteiger partial charge on any atom is 0.126 e. The molecule has 0 saturated heterocycles. The predicted molar refractivity (Wildman–Crippen MR) is 50.3 cm³/mol. The van der Waals surface area contributed by atoms with Crippen molar-refractivity contribution in [1.82, 2.24) is 0 Å². The molecular weight excluding hydrogens is 167 g/mol. The van der Waals surface area contributed by atoms with Crippen LogP contribution in [0.2, 0.25) is 0 Å². The molecule has 1 rings (SSSR count). The number of benzene rings is 1. The Morgan fingerprint density at radius 2 is 1.92 bits per heavy atom. The van der Waals surface area contributed by atoms with Crippen LogP contribution in [-0.4, -0.2) is 6.29 Å². The molecule has 70 valence electrons. The van der Waals surface area contributed by atoms with Gasteiger partial charge >= 0.3 is 0 Å². The Hall–Kier alpha value is -1.18. The summed E-state index contributed by atoms with van der Waals surface area (Å²) < 4.78 is 13.2. The van der Waals surface area contributed by atoms with E-state index in [1.807, 2.05) is 19.9 Å². The summed E-state index contributed by atoms with van der Waals surface area (Å²) in [4.78, 5) is 10.1. The van der Waals surface area contributed by atoms with Crippen molar-refractivity contribution in [3.8, 4) is 0 Å². The average Bonchev–Trinajstić information content (AvgIpc) is 2.09. The van der Waals surface area contributed by atoms with Gasteiger partial charge in [0.25, 0.3) is 0 Å². The van der Waals surface area contributed by atoms with E-state index in [9.17, 15) is 9.18 Å². The van der Waals surface area contributed by atoms with E-state index in [0.29, 0.717) is 18.4 Å². The molecule has 0 aromatic heterocycles. The number of hydrogen-bond donors (Lipinski definition) is 0. The first-order chi connectivity index (χ1) is 6.15. The first-order valence-electron chi connectivity index (χ1n) is 4.34. The smallest absolute Gasteiger partial charge is 0.126 e. The summed E-state index contributed by atoms with van der Waals surface area (Å²) in [5.74, 6) is -0.204. The number of hydrogen-bond acceptors (Lipinski definition) is 1. The third-order valence-electron chi connectivity index (χ3n) is 2.19. The van der Waals surface area contributed by atoms with Crippen LogP contribution in [0.4, 0.5) is 4.39 Å². The second-order valence-corrected chi connectivity index (χ2v) is 3.23. The Morgan fingerprint density at radius 3 is 2.54 bits per heavy atom. The van der Waals surface area contributed by atoms with Crippen molar-refractivity contribution >= 4 is 6.29 Å². The lowest BCUT2D eigenvalue weighted by Crippen LogP contribution is -1.94. The highest BCUT2D eigenvalue weighted by Crippen LogP contribution is 2.15. The highest BCUT2D eigenvalue weighted by molar-refractivity contribution is 5.50. The third kappa shape index (κ3) is 2.38. The van der Waals surface area contributed by atoms with Gasteiger partial charge in [0.2, 0.25) is 0 Å². The van der Waals surface area contributed by atoms with Gasteiger partial charge in [-0.3, -0.25) is 0 Å². The molecule has 0 aliphatic rings. The van der Waals surface area contributed by atoms with Crippen LogP contribution in [0.5, 0.6) is 0 Å². The Kier molecular flexibility index (Phi) is 3.18. The van der Waals surface area contributed by atoms with Crippen molar-refractivity contribution in [2.45, 2.75) is 26.7 Å². The van der Waals surface area contributed by atoms with Crippen LogP contribution in [0.3, 0.4) is 0 Å². The fourth-order valence-electron chi connectivity index (χ4n) is 1.25. The highest BCUT2D eigenvalue weighted by Gasteiger charge is 2.03. The number of aryl methyl sites for hydroxylation is 3.